The molecule has 1 heterocycles. The minimum absolute atomic E-state index is 0.179. The summed E-state index contributed by atoms with van der Waals surface area (Å²) in [5.74, 6) is -0.388. The molecule has 5 aromatic rings. The zero-order valence-corrected chi connectivity index (χ0v) is 19.7. The van der Waals surface area contributed by atoms with Crippen molar-refractivity contribution in [3.63, 3.8) is 0 Å². The lowest BCUT2D eigenvalue weighted by Gasteiger charge is -2.21. The predicted molar refractivity (Wildman–Crippen MR) is 142 cm³/mol. The third-order valence-corrected chi connectivity index (χ3v) is 6.17. The van der Waals surface area contributed by atoms with E-state index in [-0.39, 0.29) is 24.4 Å². The minimum atomic E-state index is -0.309. The lowest BCUT2D eigenvalue weighted by Crippen LogP contribution is -2.45. The second kappa shape index (κ2) is 10.7. The Balaban J connectivity index is 1.36. The van der Waals surface area contributed by atoms with Gasteiger partial charge in [-0.2, -0.15) is 0 Å². The molecule has 0 aliphatic heterocycles. The Labute approximate surface area is 209 Å². The minimum Gasteiger partial charge on any atom is -0.464 e. The summed E-state index contributed by atoms with van der Waals surface area (Å²) in [5, 5.41) is 6.93. The summed E-state index contributed by atoms with van der Waals surface area (Å²) >= 11 is 0. The van der Waals surface area contributed by atoms with E-state index in [0.717, 1.165) is 22.1 Å². The van der Waals surface area contributed by atoms with Crippen LogP contribution in [0.25, 0.3) is 22.1 Å². The van der Waals surface area contributed by atoms with E-state index in [9.17, 15) is 9.59 Å². The molecule has 36 heavy (non-hydrogen) atoms. The zero-order chi connectivity index (χ0) is 24.7. The summed E-state index contributed by atoms with van der Waals surface area (Å²) < 4.78 is 5.43. The summed E-state index contributed by atoms with van der Waals surface area (Å²) in [6, 6.07) is 34.2. The molecule has 0 radical (unpaired) electrons. The van der Waals surface area contributed by atoms with Crippen molar-refractivity contribution in [3.8, 4) is 11.1 Å². The van der Waals surface area contributed by atoms with Gasteiger partial charge in [-0.15, -0.1) is 0 Å². The van der Waals surface area contributed by atoms with Crippen LogP contribution in [0.4, 0.5) is 0 Å². The molecule has 5 heteroatoms. The normalized spacial score (nSPS) is 11.7. The molecule has 5 nitrogen and oxygen atoms in total. The standard InChI is InChI=1S/C31H26N2O3/c34-30(28-16-9-17-29-26(28)18-19-36-29)32-21-24(20-22-10-3-1-4-11-22)33-31(35)27-15-8-7-14-25(27)23-12-5-2-6-13-23/h1-19,24H,20-21H2,(H,32,34)(H,33,35)/t24-/m1/s1. The van der Waals surface area contributed by atoms with Crippen LogP contribution in [-0.4, -0.2) is 24.4 Å². The first kappa shape index (κ1) is 23.1. The summed E-state index contributed by atoms with van der Waals surface area (Å²) in [6.45, 7) is 0.279. The third kappa shape index (κ3) is 5.20. The molecule has 5 rings (SSSR count). The van der Waals surface area contributed by atoms with Crippen LogP contribution in [0.3, 0.4) is 0 Å². The fourth-order valence-electron chi connectivity index (χ4n) is 4.39. The number of hydrogen-bond donors (Lipinski definition) is 2. The number of benzene rings is 4. The molecule has 0 aliphatic carbocycles. The van der Waals surface area contributed by atoms with E-state index in [0.29, 0.717) is 23.1 Å². The average Bonchev–Trinajstić information content (AvgIpc) is 3.42. The van der Waals surface area contributed by atoms with Crippen LogP contribution in [0.2, 0.25) is 0 Å². The number of fused-ring (bicyclic) bond motifs is 1. The maximum Gasteiger partial charge on any atom is 0.252 e. The van der Waals surface area contributed by atoms with Gasteiger partial charge in [-0.25, -0.2) is 0 Å². The van der Waals surface area contributed by atoms with Crippen LogP contribution in [0.15, 0.2) is 120 Å². The van der Waals surface area contributed by atoms with Gasteiger partial charge in [0, 0.05) is 17.5 Å². The van der Waals surface area contributed by atoms with E-state index < -0.39 is 0 Å². The van der Waals surface area contributed by atoms with Gasteiger partial charge in [0.15, 0.2) is 0 Å². The molecular formula is C31H26N2O3. The highest BCUT2D eigenvalue weighted by Crippen LogP contribution is 2.24. The summed E-state index contributed by atoms with van der Waals surface area (Å²) in [6.07, 6.45) is 2.15. The second-order valence-corrected chi connectivity index (χ2v) is 8.62. The maximum absolute atomic E-state index is 13.5. The van der Waals surface area contributed by atoms with Gasteiger partial charge in [0.25, 0.3) is 11.8 Å². The van der Waals surface area contributed by atoms with Crippen molar-refractivity contribution < 1.29 is 14.0 Å². The van der Waals surface area contributed by atoms with Gasteiger partial charge in [0.05, 0.1) is 17.9 Å². The first-order chi connectivity index (χ1) is 17.7. The molecule has 1 atom stereocenters. The molecule has 178 valence electrons. The Morgan fingerprint density at radius 2 is 1.39 bits per heavy atom. The lowest BCUT2D eigenvalue weighted by molar-refractivity contribution is 0.0909. The average molecular weight is 475 g/mol. The SMILES string of the molecule is O=C(N[C@@H](CNC(=O)c1cccc2occc12)Cc1ccccc1)c1ccccc1-c1ccccc1. The smallest absolute Gasteiger partial charge is 0.252 e. The van der Waals surface area contributed by atoms with Crippen molar-refractivity contribution in [3.05, 3.63) is 132 Å². The van der Waals surface area contributed by atoms with Gasteiger partial charge < -0.3 is 15.1 Å². The van der Waals surface area contributed by atoms with E-state index >= 15 is 0 Å². The molecule has 2 N–H and O–H groups in total. The van der Waals surface area contributed by atoms with E-state index in [4.69, 9.17) is 4.42 Å². The third-order valence-electron chi connectivity index (χ3n) is 6.17. The number of hydrogen-bond acceptors (Lipinski definition) is 3. The second-order valence-electron chi connectivity index (χ2n) is 8.62. The Morgan fingerprint density at radius 1 is 0.694 bits per heavy atom. The number of carbonyl (C=O) groups is 2. The molecule has 0 bridgehead atoms. The molecule has 0 saturated carbocycles. The Bertz CT molecular complexity index is 1480. The fraction of sp³-hybridized carbons (Fsp3) is 0.0968. The molecule has 0 saturated heterocycles. The number of amides is 2. The van der Waals surface area contributed by atoms with Crippen LogP contribution in [0.5, 0.6) is 0 Å². The molecule has 4 aromatic carbocycles. The molecule has 0 spiro atoms. The van der Waals surface area contributed by atoms with Crippen LogP contribution in [0, 0.1) is 0 Å². The Hall–Kier alpha value is -4.64. The molecular weight excluding hydrogens is 448 g/mol. The van der Waals surface area contributed by atoms with E-state index in [2.05, 4.69) is 10.6 Å². The number of furan rings is 1. The Morgan fingerprint density at radius 3 is 2.19 bits per heavy atom. The number of rotatable bonds is 8. The van der Waals surface area contributed by atoms with Crippen molar-refractivity contribution >= 4 is 22.8 Å². The summed E-state index contributed by atoms with van der Waals surface area (Å²) in [4.78, 5) is 26.5. The summed E-state index contributed by atoms with van der Waals surface area (Å²) in [5.41, 5.74) is 4.71. The summed E-state index contributed by atoms with van der Waals surface area (Å²) in [7, 11) is 0. The lowest BCUT2D eigenvalue weighted by atomic mass is 9.98. The van der Waals surface area contributed by atoms with Gasteiger partial charge in [-0.3, -0.25) is 9.59 Å². The van der Waals surface area contributed by atoms with Crippen molar-refractivity contribution in [2.75, 3.05) is 6.54 Å². The van der Waals surface area contributed by atoms with Crippen molar-refractivity contribution in [2.24, 2.45) is 0 Å². The van der Waals surface area contributed by atoms with Gasteiger partial charge in [0.1, 0.15) is 5.58 Å². The van der Waals surface area contributed by atoms with Crippen LogP contribution in [0.1, 0.15) is 26.3 Å². The molecule has 2 amide bonds. The topological polar surface area (TPSA) is 71.3 Å². The van der Waals surface area contributed by atoms with Gasteiger partial charge in [-0.1, -0.05) is 84.9 Å². The predicted octanol–water partition coefficient (Wildman–Crippen LogP) is 5.87. The molecule has 0 unspecified atom stereocenters. The first-order valence-electron chi connectivity index (χ1n) is 11.9. The quantitative estimate of drug-likeness (QED) is 0.295. The van der Waals surface area contributed by atoms with Crippen LogP contribution >= 0.6 is 0 Å². The molecule has 0 aliphatic rings. The van der Waals surface area contributed by atoms with Gasteiger partial charge in [0.2, 0.25) is 0 Å². The molecule has 1 aromatic heterocycles. The van der Waals surface area contributed by atoms with E-state index in [1.165, 1.54) is 0 Å². The number of carbonyl (C=O) groups excluding carboxylic acids is 2. The highest BCUT2D eigenvalue weighted by atomic mass is 16.3. The van der Waals surface area contributed by atoms with Crippen LogP contribution in [-0.2, 0) is 6.42 Å². The Kier molecular flexibility index (Phi) is 6.90. The van der Waals surface area contributed by atoms with E-state index in [1.54, 1.807) is 24.5 Å². The van der Waals surface area contributed by atoms with E-state index in [1.807, 2.05) is 91.0 Å². The first-order valence-corrected chi connectivity index (χ1v) is 11.9. The van der Waals surface area contributed by atoms with Crippen molar-refractivity contribution in [2.45, 2.75) is 12.5 Å². The number of nitrogens with one attached hydrogen (secondary N) is 2. The largest absolute Gasteiger partial charge is 0.464 e. The highest BCUT2D eigenvalue weighted by molar-refractivity contribution is 6.06. The fourth-order valence-corrected chi connectivity index (χ4v) is 4.39. The molecule has 0 fully saturated rings. The highest BCUT2D eigenvalue weighted by Gasteiger charge is 2.19. The van der Waals surface area contributed by atoms with Gasteiger partial charge in [-0.05, 0) is 47.4 Å². The van der Waals surface area contributed by atoms with Crippen molar-refractivity contribution in [1.82, 2.24) is 10.6 Å². The van der Waals surface area contributed by atoms with Crippen LogP contribution < -0.4 is 10.6 Å². The van der Waals surface area contributed by atoms with Crippen molar-refractivity contribution in [1.29, 1.82) is 0 Å². The monoisotopic (exact) mass is 474 g/mol. The maximum atomic E-state index is 13.5. The zero-order valence-electron chi connectivity index (χ0n) is 19.7. The van der Waals surface area contributed by atoms with Gasteiger partial charge >= 0.3 is 0 Å².